The van der Waals surface area contributed by atoms with Crippen LogP contribution in [-0.4, -0.2) is 16.1 Å². The van der Waals surface area contributed by atoms with Crippen LogP contribution in [0, 0.1) is 3.57 Å². The normalized spacial score (nSPS) is 11.4. The smallest absolute Gasteiger partial charge is 0.256 e. The molecule has 0 fully saturated rings. The maximum Gasteiger partial charge on any atom is 0.256 e. The third-order valence-corrected chi connectivity index (χ3v) is 4.38. The van der Waals surface area contributed by atoms with E-state index in [1.165, 1.54) is 0 Å². The summed E-state index contributed by atoms with van der Waals surface area (Å²) in [4.78, 5) is 12.1. The van der Waals surface area contributed by atoms with Crippen molar-refractivity contribution in [2.75, 3.05) is 5.32 Å². The van der Waals surface area contributed by atoms with Gasteiger partial charge in [0.2, 0.25) is 0 Å². The van der Waals surface area contributed by atoms with Gasteiger partial charge in [-0.15, -0.1) is 0 Å². The molecule has 0 saturated heterocycles. The second-order valence-corrected chi connectivity index (χ2v) is 7.07. The van der Waals surface area contributed by atoms with E-state index in [9.17, 15) is 4.79 Å². The molecular formula is C14H15ClIN3O. The molecule has 0 spiro atoms. The molecular weight excluding hydrogens is 389 g/mol. The van der Waals surface area contributed by atoms with Crippen LogP contribution in [0.3, 0.4) is 0 Å². The molecule has 0 bridgehead atoms. The number of aromatic amines is 1. The quantitative estimate of drug-likeness (QED) is 0.738. The third-order valence-electron chi connectivity index (χ3n) is 2.81. The molecule has 1 amide bonds. The second-order valence-electron chi connectivity index (χ2n) is 5.50. The number of halogens is 2. The Morgan fingerprint density at radius 2 is 2.05 bits per heavy atom. The van der Waals surface area contributed by atoms with Crippen LogP contribution in [0.15, 0.2) is 24.3 Å². The van der Waals surface area contributed by atoms with Gasteiger partial charge < -0.3 is 5.32 Å². The minimum Gasteiger partial charge on any atom is -0.305 e. The van der Waals surface area contributed by atoms with E-state index in [0.29, 0.717) is 16.4 Å². The lowest BCUT2D eigenvalue weighted by molar-refractivity contribution is 0.102. The fourth-order valence-electron chi connectivity index (χ4n) is 1.60. The van der Waals surface area contributed by atoms with Crippen molar-refractivity contribution in [1.82, 2.24) is 10.2 Å². The zero-order valence-corrected chi connectivity index (χ0v) is 14.3. The molecule has 4 nitrogen and oxygen atoms in total. The van der Waals surface area contributed by atoms with Crippen molar-refractivity contribution in [1.29, 1.82) is 0 Å². The summed E-state index contributed by atoms with van der Waals surface area (Å²) in [6.45, 7) is 6.22. The van der Waals surface area contributed by atoms with Gasteiger partial charge in [0.15, 0.2) is 5.82 Å². The van der Waals surface area contributed by atoms with Crippen LogP contribution in [0.4, 0.5) is 5.82 Å². The van der Waals surface area contributed by atoms with Crippen LogP contribution >= 0.6 is 34.2 Å². The van der Waals surface area contributed by atoms with E-state index in [2.05, 4.69) is 58.9 Å². The zero-order valence-electron chi connectivity index (χ0n) is 11.4. The predicted octanol–water partition coefficient (Wildman–Crippen LogP) is 4.22. The first-order valence-corrected chi connectivity index (χ1v) is 7.55. The fraction of sp³-hybridized carbons (Fsp3) is 0.286. The lowest BCUT2D eigenvalue weighted by Gasteiger charge is -2.14. The highest BCUT2D eigenvalue weighted by Gasteiger charge is 2.17. The van der Waals surface area contributed by atoms with Crippen LogP contribution in [0.25, 0.3) is 0 Å². The number of amides is 1. The molecule has 2 aromatic rings. The van der Waals surface area contributed by atoms with Gasteiger partial charge in [-0.25, -0.2) is 0 Å². The van der Waals surface area contributed by atoms with Crippen molar-refractivity contribution in [2.45, 2.75) is 26.2 Å². The summed E-state index contributed by atoms with van der Waals surface area (Å²) in [5.41, 5.74) is 1.44. The number of hydrogen-bond acceptors (Lipinski definition) is 2. The van der Waals surface area contributed by atoms with Gasteiger partial charge >= 0.3 is 0 Å². The molecule has 0 aliphatic rings. The Labute approximate surface area is 136 Å². The van der Waals surface area contributed by atoms with Gasteiger partial charge in [0, 0.05) is 26.3 Å². The molecule has 20 heavy (non-hydrogen) atoms. The summed E-state index contributed by atoms with van der Waals surface area (Å²) in [7, 11) is 0. The van der Waals surface area contributed by atoms with Crippen molar-refractivity contribution < 1.29 is 4.79 Å². The maximum atomic E-state index is 12.1. The van der Waals surface area contributed by atoms with E-state index in [-0.39, 0.29) is 11.3 Å². The van der Waals surface area contributed by atoms with Gasteiger partial charge in [-0.05, 0) is 40.8 Å². The summed E-state index contributed by atoms with van der Waals surface area (Å²) < 4.78 is 0.913. The summed E-state index contributed by atoms with van der Waals surface area (Å²) >= 11 is 8.13. The van der Waals surface area contributed by atoms with Crippen LogP contribution < -0.4 is 5.32 Å². The number of hydrogen-bond donors (Lipinski definition) is 2. The average molecular weight is 404 g/mol. The van der Waals surface area contributed by atoms with E-state index in [1.807, 2.05) is 12.1 Å². The molecule has 0 atom stereocenters. The van der Waals surface area contributed by atoms with Crippen molar-refractivity contribution in [3.63, 3.8) is 0 Å². The number of anilines is 1. The number of aromatic nitrogens is 2. The molecule has 1 aromatic carbocycles. The van der Waals surface area contributed by atoms with E-state index < -0.39 is 0 Å². The molecule has 0 aliphatic heterocycles. The molecule has 2 N–H and O–H groups in total. The average Bonchev–Trinajstić information content (AvgIpc) is 2.81. The number of carbonyl (C=O) groups is 1. The number of carbonyl (C=O) groups excluding carboxylic acids is 1. The van der Waals surface area contributed by atoms with Gasteiger partial charge in [0.25, 0.3) is 5.91 Å². The molecule has 1 aromatic heterocycles. The van der Waals surface area contributed by atoms with Gasteiger partial charge in [0.1, 0.15) is 0 Å². The Kier molecular flexibility index (Phi) is 4.39. The Morgan fingerprint density at radius 1 is 1.35 bits per heavy atom. The largest absolute Gasteiger partial charge is 0.305 e. The van der Waals surface area contributed by atoms with Crippen molar-refractivity contribution in [3.05, 3.63) is 44.1 Å². The summed E-state index contributed by atoms with van der Waals surface area (Å²) in [6, 6.07) is 7.03. The van der Waals surface area contributed by atoms with Crippen molar-refractivity contribution in [3.8, 4) is 0 Å². The number of nitrogens with zero attached hydrogens (tertiary/aromatic N) is 1. The van der Waals surface area contributed by atoms with E-state index >= 15 is 0 Å². The van der Waals surface area contributed by atoms with E-state index in [0.717, 1.165) is 9.26 Å². The minimum absolute atomic E-state index is 0.0395. The molecule has 0 radical (unpaired) electrons. The second kappa shape index (κ2) is 5.73. The SMILES string of the molecule is CC(C)(C)c1cc(NC(=O)c2ccc(I)c(Cl)c2)n[nH]1. The first kappa shape index (κ1) is 15.3. The highest BCUT2D eigenvalue weighted by atomic mass is 127. The highest BCUT2D eigenvalue weighted by Crippen LogP contribution is 2.23. The van der Waals surface area contributed by atoms with Crippen LogP contribution in [-0.2, 0) is 5.41 Å². The van der Waals surface area contributed by atoms with Gasteiger partial charge in [0.05, 0.1) is 5.02 Å². The first-order valence-electron chi connectivity index (χ1n) is 6.09. The number of nitrogens with one attached hydrogen (secondary N) is 2. The van der Waals surface area contributed by atoms with Gasteiger partial charge in [-0.3, -0.25) is 9.89 Å². The third kappa shape index (κ3) is 3.52. The highest BCUT2D eigenvalue weighted by molar-refractivity contribution is 14.1. The molecule has 0 saturated carbocycles. The topological polar surface area (TPSA) is 57.8 Å². The van der Waals surface area contributed by atoms with E-state index in [4.69, 9.17) is 11.6 Å². The lowest BCUT2D eigenvalue weighted by atomic mass is 9.92. The Morgan fingerprint density at radius 3 is 2.60 bits per heavy atom. The van der Waals surface area contributed by atoms with Crippen LogP contribution in [0.5, 0.6) is 0 Å². The standard InChI is InChI=1S/C14H15ClIN3O/c1-14(2,3)11-7-12(19-18-11)17-13(20)8-4-5-10(16)9(15)6-8/h4-7H,1-3H3,(H2,17,18,19,20). The molecule has 106 valence electrons. The monoisotopic (exact) mass is 403 g/mol. The van der Waals surface area contributed by atoms with Gasteiger partial charge in [-0.1, -0.05) is 32.4 Å². The maximum absolute atomic E-state index is 12.1. The van der Waals surface area contributed by atoms with Gasteiger partial charge in [-0.2, -0.15) is 5.10 Å². The number of benzene rings is 1. The van der Waals surface area contributed by atoms with Crippen molar-refractivity contribution in [2.24, 2.45) is 0 Å². The molecule has 2 rings (SSSR count). The molecule has 0 unspecified atom stereocenters. The van der Waals surface area contributed by atoms with E-state index in [1.54, 1.807) is 12.1 Å². The minimum atomic E-state index is -0.227. The Bertz CT molecular complexity index is 646. The molecule has 6 heteroatoms. The van der Waals surface area contributed by atoms with Crippen LogP contribution in [0.2, 0.25) is 5.02 Å². The Hall–Kier alpha value is -1.08. The Balaban J connectivity index is 2.15. The van der Waals surface area contributed by atoms with Crippen molar-refractivity contribution >= 4 is 45.9 Å². The number of rotatable bonds is 2. The lowest BCUT2D eigenvalue weighted by Crippen LogP contribution is -2.12. The molecule has 0 aliphatic carbocycles. The molecule has 1 heterocycles. The predicted molar refractivity (Wildman–Crippen MR) is 89.4 cm³/mol. The fourth-order valence-corrected chi connectivity index (χ4v) is 2.11. The first-order chi connectivity index (χ1) is 9.27. The summed E-state index contributed by atoms with van der Waals surface area (Å²) in [6.07, 6.45) is 0. The summed E-state index contributed by atoms with van der Waals surface area (Å²) in [5, 5.41) is 10.3. The van der Waals surface area contributed by atoms with Crippen LogP contribution in [0.1, 0.15) is 36.8 Å². The summed E-state index contributed by atoms with van der Waals surface area (Å²) in [5.74, 6) is 0.282. The number of H-pyrrole nitrogens is 1. The zero-order chi connectivity index (χ0) is 14.9.